The first-order valence-electron chi connectivity index (χ1n) is 11.2. The van der Waals surface area contributed by atoms with E-state index >= 15 is 8.78 Å². The molecule has 16 heteroatoms. The average Bonchev–Trinajstić information content (AvgIpc) is 3.40. The number of hydrogen-bond acceptors (Lipinski definition) is 0. The molecule has 1 N–H and O–H groups in total. The summed E-state index contributed by atoms with van der Waals surface area (Å²) in [5.74, 6) is -38.7. The highest BCUT2D eigenvalue weighted by Crippen LogP contribution is 2.47. The first kappa shape index (κ1) is 29.8. The zero-order valence-electron chi connectivity index (χ0n) is 20.3. The van der Waals surface area contributed by atoms with E-state index in [1.807, 2.05) is 0 Å². The van der Waals surface area contributed by atoms with Gasteiger partial charge in [-0.05, 0) is 29.7 Å². The van der Waals surface area contributed by atoms with Crippen molar-refractivity contribution in [1.29, 1.82) is 0 Å². The van der Waals surface area contributed by atoms with Gasteiger partial charge in [0, 0.05) is 22.7 Å². The number of aromatic amines is 1. The lowest BCUT2D eigenvalue weighted by Crippen LogP contribution is -2.09. The molecule has 0 atom stereocenters. The lowest BCUT2D eigenvalue weighted by Gasteiger charge is -2.19. The smallest absolute Gasteiger partial charge is 0.200 e. The highest BCUT2D eigenvalue weighted by molar-refractivity contribution is 6.06. The maximum Gasteiger partial charge on any atom is 0.200 e. The number of rotatable bonds is 3. The predicted octanol–water partition coefficient (Wildman–Crippen LogP) is 9.56. The van der Waals surface area contributed by atoms with Crippen LogP contribution in [0.4, 0.5) is 65.9 Å². The summed E-state index contributed by atoms with van der Waals surface area (Å²) < 4.78 is 215. The summed E-state index contributed by atoms with van der Waals surface area (Å²) in [5.41, 5.74) is -10.9. The van der Waals surface area contributed by atoms with E-state index in [1.165, 1.54) is 0 Å². The van der Waals surface area contributed by atoms with Crippen molar-refractivity contribution in [2.75, 3.05) is 0 Å². The Morgan fingerprint density at radius 1 is 0.372 bits per heavy atom. The molecular formula is C27H6F15N. The fraction of sp³-hybridized carbons (Fsp3) is 0.0370. The van der Waals surface area contributed by atoms with Crippen LogP contribution in [0.15, 0.2) is 12.3 Å². The van der Waals surface area contributed by atoms with Crippen LogP contribution in [0, 0.1) is 94.2 Å². The summed E-state index contributed by atoms with van der Waals surface area (Å²) in [6.45, 7) is 0.689. The third-order valence-electron chi connectivity index (χ3n) is 6.64. The monoisotopic (exact) mass is 629 g/mol. The third kappa shape index (κ3) is 3.98. The van der Waals surface area contributed by atoms with E-state index in [9.17, 15) is 57.1 Å². The van der Waals surface area contributed by atoms with Gasteiger partial charge in [-0.25, -0.2) is 65.9 Å². The molecule has 0 amide bonds. The van der Waals surface area contributed by atoms with E-state index in [2.05, 4.69) is 4.98 Å². The molecule has 0 aliphatic heterocycles. The Hall–Kier alpha value is -4.63. The van der Waals surface area contributed by atoms with Gasteiger partial charge < -0.3 is 4.98 Å². The summed E-state index contributed by atoms with van der Waals surface area (Å²) in [5, 5.41) is -0.769. The van der Waals surface area contributed by atoms with Crippen LogP contribution in [0.1, 0.15) is 5.56 Å². The van der Waals surface area contributed by atoms with Crippen LogP contribution in [0.2, 0.25) is 0 Å². The number of H-pyrrole nitrogens is 1. The van der Waals surface area contributed by atoms with Gasteiger partial charge in [-0.1, -0.05) is 0 Å². The largest absolute Gasteiger partial charge is 0.361 e. The Morgan fingerprint density at radius 2 is 0.674 bits per heavy atom. The molecule has 5 aromatic rings. The minimum Gasteiger partial charge on any atom is -0.361 e. The minimum absolute atomic E-state index is 0.351. The van der Waals surface area contributed by atoms with Crippen LogP contribution in [0.3, 0.4) is 0 Å². The molecule has 0 radical (unpaired) electrons. The second-order valence-electron chi connectivity index (χ2n) is 8.88. The van der Waals surface area contributed by atoms with Crippen molar-refractivity contribution >= 4 is 10.9 Å². The number of hydrogen-bond donors (Lipinski definition) is 1. The molecule has 5 rings (SSSR count). The van der Waals surface area contributed by atoms with Gasteiger partial charge in [0.15, 0.2) is 69.8 Å². The summed E-state index contributed by atoms with van der Waals surface area (Å²) in [6, 6.07) is 0.351. The molecule has 0 aliphatic carbocycles. The molecule has 0 fully saturated rings. The topological polar surface area (TPSA) is 15.8 Å². The first-order valence-corrected chi connectivity index (χ1v) is 11.2. The van der Waals surface area contributed by atoms with Gasteiger partial charge in [0.05, 0.1) is 16.7 Å². The van der Waals surface area contributed by atoms with E-state index in [4.69, 9.17) is 0 Å². The van der Waals surface area contributed by atoms with Gasteiger partial charge in [0.2, 0.25) is 17.5 Å². The second kappa shape index (κ2) is 9.98. The number of nitrogens with one attached hydrogen (secondary N) is 1. The molecule has 1 heterocycles. The highest BCUT2D eigenvalue weighted by atomic mass is 19.2. The van der Waals surface area contributed by atoms with Crippen LogP contribution in [-0.4, -0.2) is 4.98 Å². The quantitative estimate of drug-likeness (QED) is 0.116. The molecule has 0 aliphatic rings. The molecule has 1 aromatic heterocycles. The van der Waals surface area contributed by atoms with E-state index < -0.39 is 137 Å². The van der Waals surface area contributed by atoms with Crippen LogP contribution >= 0.6 is 0 Å². The summed E-state index contributed by atoms with van der Waals surface area (Å²) >= 11 is 0. The van der Waals surface area contributed by atoms with Gasteiger partial charge in [-0.15, -0.1) is 0 Å². The molecule has 4 aromatic carbocycles. The molecule has 0 saturated carbocycles. The normalized spacial score (nSPS) is 11.7. The number of halogens is 15. The van der Waals surface area contributed by atoms with Crippen LogP contribution in [0.5, 0.6) is 0 Å². The summed E-state index contributed by atoms with van der Waals surface area (Å²) in [6.07, 6.45) is 0.542. The molecule has 1 nitrogen and oxygen atoms in total. The standard InChI is InChI=1S/C27H6F15N/c1-4-8-6(11-15(30)21(36)26(41)22(37)16(11)31)3-43-7(8)2-5(10-13(28)19(34)25(40)20(35)14(10)29)9(4)12-17(32)23(38)27(42)24(39)18(12)33/h2-3,43H,1H3. The Balaban J connectivity index is 2.05. The van der Waals surface area contributed by atoms with Gasteiger partial charge in [-0.3, -0.25) is 0 Å². The number of aryl methyl sites for hydroxylation is 1. The fourth-order valence-electron chi connectivity index (χ4n) is 4.72. The van der Waals surface area contributed by atoms with E-state index in [1.54, 1.807) is 0 Å². The molecule has 43 heavy (non-hydrogen) atoms. The molecule has 0 saturated heterocycles. The lowest BCUT2D eigenvalue weighted by atomic mass is 9.86. The average molecular weight is 629 g/mol. The second-order valence-corrected chi connectivity index (χ2v) is 8.88. The molecule has 0 bridgehead atoms. The van der Waals surface area contributed by atoms with Crippen molar-refractivity contribution in [3.8, 4) is 33.4 Å². The first-order chi connectivity index (χ1) is 20.0. The van der Waals surface area contributed by atoms with E-state index in [0.29, 0.717) is 19.2 Å². The maximum absolute atomic E-state index is 15.0. The van der Waals surface area contributed by atoms with Crippen molar-refractivity contribution in [2.24, 2.45) is 0 Å². The van der Waals surface area contributed by atoms with Crippen LogP contribution < -0.4 is 0 Å². The highest BCUT2D eigenvalue weighted by Gasteiger charge is 2.35. The fourth-order valence-corrected chi connectivity index (χ4v) is 4.72. The van der Waals surface area contributed by atoms with Crippen LogP contribution in [0.25, 0.3) is 44.3 Å². The Bertz CT molecular complexity index is 1960. The summed E-state index contributed by atoms with van der Waals surface area (Å²) in [7, 11) is 0. The van der Waals surface area contributed by atoms with Gasteiger partial charge in [-0.2, -0.15) is 0 Å². The van der Waals surface area contributed by atoms with Gasteiger partial charge in [0.25, 0.3) is 0 Å². The number of benzene rings is 4. The Kier molecular flexibility index (Phi) is 6.93. The van der Waals surface area contributed by atoms with Crippen molar-refractivity contribution in [1.82, 2.24) is 4.98 Å². The van der Waals surface area contributed by atoms with Gasteiger partial charge in [0.1, 0.15) is 0 Å². The zero-order chi connectivity index (χ0) is 32.0. The van der Waals surface area contributed by atoms with Crippen molar-refractivity contribution in [2.45, 2.75) is 6.92 Å². The Morgan fingerprint density at radius 3 is 1.05 bits per heavy atom. The third-order valence-corrected chi connectivity index (χ3v) is 6.64. The minimum atomic E-state index is -2.71. The SMILES string of the molecule is Cc1c(-c2c(F)c(F)c(F)c(F)c2F)c(-c2c(F)c(F)c(F)c(F)c2F)cc2[nH]cc(-c3c(F)c(F)c(F)c(F)c3F)c12. The Labute approximate surface area is 227 Å². The van der Waals surface area contributed by atoms with E-state index in [0.717, 1.165) is 0 Å². The molecule has 224 valence electrons. The van der Waals surface area contributed by atoms with E-state index in [-0.39, 0.29) is 0 Å². The molecule has 0 unspecified atom stereocenters. The maximum atomic E-state index is 15.0. The zero-order valence-corrected chi connectivity index (χ0v) is 20.3. The van der Waals surface area contributed by atoms with Crippen molar-refractivity contribution in [3.05, 3.63) is 105 Å². The lowest BCUT2D eigenvalue weighted by molar-refractivity contribution is 0.380. The van der Waals surface area contributed by atoms with Crippen molar-refractivity contribution < 1.29 is 65.9 Å². The molecular weight excluding hydrogens is 623 g/mol. The van der Waals surface area contributed by atoms with Crippen LogP contribution in [-0.2, 0) is 0 Å². The number of fused-ring (bicyclic) bond motifs is 1. The van der Waals surface area contributed by atoms with Crippen molar-refractivity contribution in [3.63, 3.8) is 0 Å². The van der Waals surface area contributed by atoms with Gasteiger partial charge >= 0.3 is 0 Å². The summed E-state index contributed by atoms with van der Waals surface area (Å²) in [4.78, 5) is 2.19. The predicted molar refractivity (Wildman–Crippen MR) is 119 cm³/mol. The molecule has 0 spiro atoms. The number of aromatic nitrogens is 1.